The molecule has 0 spiro atoms. The van der Waals surface area contributed by atoms with Crippen molar-refractivity contribution in [2.45, 2.75) is 19.4 Å². The van der Waals surface area contributed by atoms with Gasteiger partial charge in [0.1, 0.15) is 0 Å². The molecule has 0 saturated carbocycles. The smallest absolute Gasteiger partial charge is 0.272 e. The molecule has 108 valence electrons. The first-order valence-corrected chi connectivity index (χ1v) is 7.58. The van der Waals surface area contributed by atoms with Gasteiger partial charge in [0.25, 0.3) is 5.91 Å². The SMILES string of the molecule is CC(Cc1cccs1)NC(=O)c1n[nH]c2ccc(N)cc12. The van der Waals surface area contributed by atoms with E-state index in [4.69, 9.17) is 5.73 Å². The molecule has 0 aliphatic carbocycles. The maximum atomic E-state index is 12.3. The zero-order valence-electron chi connectivity index (χ0n) is 11.6. The summed E-state index contributed by atoms with van der Waals surface area (Å²) >= 11 is 1.69. The van der Waals surface area contributed by atoms with Gasteiger partial charge in [0, 0.05) is 28.4 Å². The molecule has 2 heterocycles. The van der Waals surface area contributed by atoms with Crippen LogP contribution in [0, 0.1) is 0 Å². The number of hydrogen-bond donors (Lipinski definition) is 3. The molecule has 1 atom stereocenters. The van der Waals surface area contributed by atoms with E-state index in [1.807, 2.05) is 24.4 Å². The average Bonchev–Trinajstić information content (AvgIpc) is 3.07. The normalized spacial score (nSPS) is 12.4. The van der Waals surface area contributed by atoms with Crippen LogP contribution in [0.4, 0.5) is 5.69 Å². The minimum Gasteiger partial charge on any atom is -0.399 e. The van der Waals surface area contributed by atoms with Crippen molar-refractivity contribution in [3.63, 3.8) is 0 Å². The van der Waals surface area contributed by atoms with Gasteiger partial charge in [-0.25, -0.2) is 0 Å². The van der Waals surface area contributed by atoms with Gasteiger partial charge in [-0.2, -0.15) is 5.10 Å². The lowest BCUT2D eigenvalue weighted by atomic mass is 10.1. The highest BCUT2D eigenvalue weighted by molar-refractivity contribution is 7.09. The van der Waals surface area contributed by atoms with Gasteiger partial charge in [-0.15, -0.1) is 11.3 Å². The lowest BCUT2D eigenvalue weighted by Crippen LogP contribution is -2.34. The first kappa shape index (κ1) is 13.6. The van der Waals surface area contributed by atoms with Crippen LogP contribution in [-0.2, 0) is 6.42 Å². The van der Waals surface area contributed by atoms with E-state index in [0.29, 0.717) is 11.4 Å². The second-order valence-corrected chi connectivity index (χ2v) is 6.07. The molecule has 4 N–H and O–H groups in total. The predicted molar refractivity (Wildman–Crippen MR) is 85.5 cm³/mol. The zero-order chi connectivity index (χ0) is 14.8. The molecule has 1 aromatic carbocycles. The number of nitrogens with two attached hydrogens (primary N) is 1. The van der Waals surface area contributed by atoms with Crippen molar-refractivity contribution >= 4 is 33.8 Å². The van der Waals surface area contributed by atoms with Crippen molar-refractivity contribution in [3.05, 3.63) is 46.3 Å². The Morgan fingerprint density at radius 3 is 3.10 bits per heavy atom. The van der Waals surface area contributed by atoms with E-state index in [1.165, 1.54) is 4.88 Å². The van der Waals surface area contributed by atoms with Gasteiger partial charge in [0.05, 0.1) is 5.52 Å². The highest BCUT2D eigenvalue weighted by atomic mass is 32.1. The third-order valence-corrected chi connectivity index (χ3v) is 4.17. The molecule has 1 unspecified atom stereocenters. The molecule has 2 aromatic heterocycles. The minimum atomic E-state index is -0.184. The van der Waals surface area contributed by atoms with E-state index in [9.17, 15) is 4.79 Å². The fraction of sp³-hybridized carbons (Fsp3) is 0.200. The molecule has 5 nitrogen and oxygen atoms in total. The molecule has 0 bridgehead atoms. The molecular formula is C15H16N4OS. The summed E-state index contributed by atoms with van der Waals surface area (Å²) in [5, 5.41) is 12.7. The average molecular weight is 300 g/mol. The van der Waals surface area contributed by atoms with Crippen LogP contribution in [0.15, 0.2) is 35.7 Å². The summed E-state index contributed by atoms with van der Waals surface area (Å²) in [4.78, 5) is 13.6. The van der Waals surface area contributed by atoms with E-state index in [1.54, 1.807) is 23.5 Å². The molecule has 21 heavy (non-hydrogen) atoms. The van der Waals surface area contributed by atoms with E-state index >= 15 is 0 Å². The number of nitrogen functional groups attached to an aromatic ring is 1. The van der Waals surface area contributed by atoms with Gasteiger partial charge in [0.2, 0.25) is 0 Å². The van der Waals surface area contributed by atoms with Crippen LogP contribution in [0.3, 0.4) is 0 Å². The number of hydrogen-bond acceptors (Lipinski definition) is 4. The van der Waals surface area contributed by atoms with Crippen molar-refractivity contribution in [2.75, 3.05) is 5.73 Å². The van der Waals surface area contributed by atoms with Crippen molar-refractivity contribution < 1.29 is 4.79 Å². The number of H-pyrrole nitrogens is 1. The van der Waals surface area contributed by atoms with Crippen molar-refractivity contribution in [3.8, 4) is 0 Å². The summed E-state index contributed by atoms with van der Waals surface area (Å²) in [7, 11) is 0. The third kappa shape index (κ3) is 2.90. The topological polar surface area (TPSA) is 83.8 Å². The summed E-state index contributed by atoms with van der Waals surface area (Å²) in [5.41, 5.74) is 7.58. The van der Waals surface area contributed by atoms with E-state index in [0.717, 1.165) is 17.3 Å². The zero-order valence-corrected chi connectivity index (χ0v) is 12.4. The maximum absolute atomic E-state index is 12.3. The van der Waals surface area contributed by atoms with E-state index in [2.05, 4.69) is 21.6 Å². The van der Waals surface area contributed by atoms with Gasteiger partial charge < -0.3 is 11.1 Å². The standard InChI is InChI=1S/C15H16N4OS/c1-9(7-11-3-2-6-21-11)17-15(20)14-12-8-10(16)4-5-13(12)18-19-14/h2-6,8-9H,7,16H2,1H3,(H,17,20)(H,18,19). The van der Waals surface area contributed by atoms with Crippen LogP contribution in [0.2, 0.25) is 0 Å². The fourth-order valence-corrected chi connectivity index (χ4v) is 3.11. The van der Waals surface area contributed by atoms with Crippen LogP contribution in [-0.4, -0.2) is 22.1 Å². The maximum Gasteiger partial charge on any atom is 0.272 e. The van der Waals surface area contributed by atoms with Crippen LogP contribution in [0.1, 0.15) is 22.3 Å². The first-order chi connectivity index (χ1) is 10.1. The fourth-order valence-electron chi connectivity index (χ4n) is 2.28. The van der Waals surface area contributed by atoms with Gasteiger partial charge in [-0.3, -0.25) is 9.89 Å². The molecule has 6 heteroatoms. The quantitative estimate of drug-likeness (QED) is 0.647. The number of thiophene rings is 1. The molecule has 0 aliphatic heterocycles. The number of benzene rings is 1. The van der Waals surface area contributed by atoms with Crippen LogP contribution < -0.4 is 11.1 Å². The number of aromatic amines is 1. The molecule has 0 radical (unpaired) electrons. The van der Waals surface area contributed by atoms with Gasteiger partial charge in [-0.05, 0) is 36.6 Å². The summed E-state index contributed by atoms with van der Waals surface area (Å²) in [6.07, 6.45) is 0.813. The molecule has 3 rings (SSSR count). The molecule has 0 aliphatic rings. The Morgan fingerprint density at radius 2 is 2.33 bits per heavy atom. The van der Waals surface area contributed by atoms with E-state index < -0.39 is 0 Å². The Labute approximate surface area is 126 Å². The number of nitrogens with zero attached hydrogens (tertiary/aromatic N) is 1. The lowest BCUT2D eigenvalue weighted by molar-refractivity contribution is 0.0937. The second kappa shape index (κ2) is 5.57. The molecule has 0 saturated heterocycles. The Balaban J connectivity index is 1.76. The predicted octanol–water partition coefficient (Wildman–Crippen LogP) is 2.57. The van der Waals surface area contributed by atoms with Crippen molar-refractivity contribution in [1.82, 2.24) is 15.5 Å². The van der Waals surface area contributed by atoms with Gasteiger partial charge in [-0.1, -0.05) is 6.07 Å². The number of rotatable bonds is 4. The number of amides is 1. The molecule has 0 fully saturated rings. The highest BCUT2D eigenvalue weighted by Crippen LogP contribution is 2.19. The number of fused-ring (bicyclic) bond motifs is 1. The molecule has 3 aromatic rings. The van der Waals surface area contributed by atoms with Crippen LogP contribution in [0.25, 0.3) is 10.9 Å². The number of nitrogens with one attached hydrogen (secondary N) is 2. The Bertz CT molecular complexity index is 763. The Hall–Kier alpha value is -2.34. The lowest BCUT2D eigenvalue weighted by Gasteiger charge is -2.11. The summed E-state index contributed by atoms with van der Waals surface area (Å²) < 4.78 is 0. The minimum absolute atomic E-state index is 0.0453. The summed E-state index contributed by atoms with van der Waals surface area (Å²) in [6.45, 7) is 1.99. The monoisotopic (exact) mass is 300 g/mol. The van der Waals surface area contributed by atoms with Crippen LogP contribution in [0.5, 0.6) is 0 Å². The first-order valence-electron chi connectivity index (χ1n) is 6.70. The van der Waals surface area contributed by atoms with E-state index in [-0.39, 0.29) is 11.9 Å². The van der Waals surface area contributed by atoms with Gasteiger partial charge >= 0.3 is 0 Å². The van der Waals surface area contributed by atoms with Crippen LogP contribution >= 0.6 is 11.3 Å². The second-order valence-electron chi connectivity index (χ2n) is 5.04. The number of aromatic nitrogens is 2. The largest absolute Gasteiger partial charge is 0.399 e. The highest BCUT2D eigenvalue weighted by Gasteiger charge is 2.16. The molecule has 1 amide bonds. The Morgan fingerprint density at radius 1 is 1.48 bits per heavy atom. The number of anilines is 1. The number of carbonyl (C=O) groups is 1. The Kier molecular flexibility index (Phi) is 3.62. The summed E-state index contributed by atoms with van der Waals surface area (Å²) in [6, 6.07) is 9.49. The van der Waals surface area contributed by atoms with Crippen molar-refractivity contribution in [1.29, 1.82) is 0 Å². The third-order valence-electron chi connectivity index (χ3n) is 3.27. The molecular weight excluding hydrogens is 284 g/mol. The summed E-state index contributed by atoms with van der Waals surface area (Å²) in [5.74, 6) is -0.184. The number of carbonyl (C=O) groups excluding carboxylic acids is 1. The van der Waals surface area contributed by atoms with Gasteiger partial charge in [0.15, 0.2) is 5.69 Å². The van der Waals surface area contributed by atoms with Crippen molar-refractivity contribution in [2.24, 2.45) is 0 Å².